The molecule has 3 rings (SSSR count). The van der Waals surface area contributed by atoms with Crippen molar-refractivity contribution in [2.24, 2.45) is 0 Å². The molecule has 2 atom stereocenters. The lowest BCUT2D eigenvalue weighted by Gasteiger charge is -2.42. The van der Waals surface area contributed by atoms with E-state index in [1.807, 2.05) is 32.2 Å². The van der Waals surface area contributed by atoms with Gasteiger partial charge in [0.1, 0.15) is 5.75 Å². The molecule has 0 N–H and O–H groups in total. The van der Waals surface area contributed by atoms with Gasteiger partial charge >= 0.3 is 0 Å². The maximum absolute atomic E-state index is 12.7. The van der Waals surface area contributed by atoms with Crippen molar-refractivity contribution in [1.82, 2.24) is 9.80 Å². The van der Waals surface area contributed by atoms with Crippen LogP contribution in [0.4, 0.5) is 0 Å². The van der Waals surface area contributed by atoms with Crippen LogP contribution in [-0.2, 0) is 21.1 Å². The predicted molar refractivity (Wildman–Crippen MR) is 96.6 cm³/mol. The van der Waals surface area contributed by atoms with Crippen LogP contribution in [0, 0.1) is 6.92 Å². The Labute approximate surface area is 149 Å². The Bertz CT molecular complexity index is 762. The van der Waals surface area contributed by atoms with E-state index in [1.165, 1.54) is 0 Å². The number of fused-ring (bicyclic) bond motifs is 1. The van der Waals surface area contributed by atoms with E-state index in [4.69, 9.17) is 4.74 Å². The Morgan fingerprint density at radius 1 is 1.24 bits per heavy atom. The Kier molecular flexibility index (Phi) is 5.06. The van der Waals surface area contributed by atoms with Crippen LogP contribution >= 0.6 is 0 Å². The van der Waals surface area contributed by atoms with Gasteiger partial charge in [0, 0.05) is 25.6 Å². The summed E-state index contributed by atoms with van der Waals surface area (Å²) in [6.45, 7) is 3.31. The van der Waals surface area contributed by atoms with Crippen molar-refractivity contribution in [3.8, 4) is 5.75 Å². The first-order valence-corrected chi connectivity index (χ1v) is 10.5. The molecule has 0 spiro atoms. The summed E-state index contributed by atoms with van der Waals surface area (Å²) in [6.07, 6.45) is 1.02. The van der Waals surface area contributed by atoms with E-state index in [2.05, 4.69) is 4.90 Å². The number of carbonyl (C=O) groups excluding carboxylic acids is 1. The zero-order valence-electron chi connectivity index (χ0n) is 15.1. The molecule has 2 heterocycles. The number of aryl methyl sites for hydroxylation is 2. The Morgan fingerprint density at radius 2 is 1.96 bits per heavy atom. The zero-order valence-corrected chi connectivity index (χ0v) is 15.9. The lowest BCUT2D eigenvalue weighted by Crippen LogP contribution is -2.59. The molecule has 2 fully saturated rings. The molecule has 0 aliphatic carbocycles. The monoisotopic (exact) mass is 366 g/mol. The summed E-state index contributed by atoms with van der Waals surface area (Å²) in [4.78, 5) is 16.6. The summed E-state index contributed by atoms with van der Waals surface area (Å²) in [5, 5.41) is 0. The molecule has 0 unspecified atom stereocenters. The van der Waals surface area contributed by atoms with Crippen molar-refractivity contribution in [3.63, 3.8) is 0 Å². The van der Waals surface area contributed by atoms with Gasteiger partial charge in [-0.1, -0.05) is 12.1 Å². The van der Waals surface area contributed by atoms with Crippen LogP contribution < -0.4 is 4.74 Å². The highest BCUT2D eigenvalue weighted by Crippen LogP contribution is 2.27. The number of rotatable bonds is 4. The summed E-state index contributed by atoms with van der Waals surface area (Å²) < 4.78 is 29.4. The summed E-state index contributed by atoms with van der Waals surface area (Å²) in [5.41, 5.74) is 2.12. The number of amides is 1. The number of hydrogen-bond acceptors (Lipinski definition) is 5. The van der Waals surface area contributed by atoms with Crippen LogP contribution in [0.5, 0.6) is 5.75 Å². The second-order valence-corrected chi connectivity index (χ2v) is 9.24. The van der Waals surface area contributed by atoms with Gasteiger partial charge in [-0.15, -0.1) is 0 Å². The second kappa shape index (κ2) is 6.96. The Morgan fingerprint density at radius 3 is 2.68 bits per heavy atom. The minimum absolute atomic E-state index is 0.0414. The number of carbonyl (C=O) groups is 1. The van der Waals surface area contributed by atoms with Crippen LogP contribution in [0.15, 0.2) is 18.2 Å². The molecule has 1 aromatic carbocycles. The van der Waals surface area contributed by atoms with Gasteiger partial charge in [-0.25, -0.2) is 8.42 Å². The average molecular weight is 366 g/mol. The topological polar surface area (TPSA) is 66.9 Å². The van der Waals surface area contributed by atoms with Gasteiger partial charge in [0.15, 0.2) is 9.84 Å². The lowest BCUT2D eigenvalue weighted by molar-refractivity contribution is -0.136. The molecule has 6 nitrogen and oxygen atoms in total. The van der Waals surface area contributed by atoms with Crippen LogP contribution in [0.1, 0.15) is 17.5 Å². The summed E-state index contributed by atoms with van der Waals surface area (Å²) >= 11 is 0. The molecule has 138 valence electrons. The van der Waals surface area contributed by atoms with Crippen LogP contribution in [0.25, 0.3) is 0 Å². The largest absolute Gasteiger partial charge is 0.496 e. The fourth-order valence-electron chi connectivity index (χ4n) is 3.85. The highest BCUT2D eigenvalue weighted by atomic mass is 32.2. The van der Waals surface area contributed by atoms with E-state index in [-0.39, 0.29) is 29.5 Å². The average Bonchev–Trinajstić information content (AvgIpc) is 2.90. The third-order valence-electron chi connectivity index (χ3n) is 5.37. The number of nitrogens with zero attached hydrogens (tertiary/aromatic N) is 2. The fourth-order valence-corrected chi connectivity index (χ4v) is 5.91. The molecular weight excluding hydrogens is 340 g/mol. The predicted octanol–water partition coefficient (Wildman–Crippen LogP) is 0.876. The van der Waals surface area contributed by atoms with E-state index in [0.717, 1.165) is 23.4 Å². The maximum atomic E-state index is 12.7. The number of methoxy groups -OCH3 is 1. The highest BCUT2D eigenvalue weighted by molar-refractivity contribution is 7.91. The molecule has 2 aliphatic heterocycles. The van der Waals surface area contributed by atoms with Crippen molar-refractivity contribution in [2.75, 3.05) is 38.8 Å². The van der Waals surface area contributed by atoms with Crippen LogP contribution in [-0.4, -0.2) is 75.0 Å². The maximum Gasteiger partial charge on any atom is 0.223 e. The van der Waals surface area contributed by atoms with Gasteiger partial charge in [0.05, 0.1) is 24.7 Å². The fraction of sp³-hybridized carbons (Fsp3) is 0.611. The van der Waals surface area contributed by atoms with E-state index >= 15 is 0 Å². The smallest absolute Gasteiger partial charge is 0.223 e. The van der Waals surface area contributed by atoms with Crippen molar-refractivity contribution < 1.29 is 17.9 Å². The normalized spacial score (nSPS) is 25.6. The first-order chi connectivity index (χ1) is 11.8. The molecule has 1 aromatic rings. The number of likely N-dealkylation sites (N-methyl/N-ethyl adjacent to an activating group) is 1. The number of sulfone groups is 1. The van der Waals surface area contributed by atoms with E-state index < -0.39 is 9.84 Å². The minimum atomic E-state index is -3.06. The molecule has 25 heavy (non-hydrogen) atoms. The van der Waals surface area contributed by atoms with Crippen molar-refractivity contribution in [2.45, 2.75) is 31.8 Å². The van der Waals surface area contributed by atoms with Gasteiger partial charge in [0.2, 0.25) is 5.91 Å². The molecule has 0 radical (unpaired) electrons. The minimum Gasteiger partial charge on any atom is -0.496 e. The Hall–Kier alpha value is -1.60. The molecule has 0 saturated carbocycles. The third-order valence-corrected chi connectivity index (χ3v) is 7.07. The number of piperazine rings is 1. The number of hydrogen-bond donors (Lipinski definition) is 0. The first-order valence-electron chi connectivity index (χ1n) is 8.64. The quantitative estimate of drug-likeness (QED) is 0.791. The van der Waals surface area contributed by atoms with Crippen LogP contribution in [0.2, 0.25) is 0 Å². The SMILES string of the molecule is COc1cc(CCC(=O)N2CCN(C)[C@H]3CS(=O)(=O)C[C@H]32)ccc1C. The highest BCUT2D eigenvalue weighted by Gasteiger charge is 2.46. The first kappa shape index (κ1) is 18.2. The van der Waals surface area contributed by atoms with Crippen molar-refractivity contribution >= 4 is 15.7 Å². The summed E-state index contributed by atoms with van der Waals surface area (Å²) in [7, 11) is 0.523. The van der Waals surface area contributed by atoms with E-state index in [0.29, 0.717) is 19.4 Å². The van der Waals surface area contributed by atoms with Crippen molar-refractivity contribution in [1.29, 1.82) is 0 Å². The molecule has 2 aliphatic rings. The Balaban J connectivity index is 1.67. The number of ether oxygens (including phenoxy) is 1. The molecular formula is C18H26N2O4S. The van der Waals surface area contributed by atoms with Crippen LogP contribution in [0.3, 0.4) is 0 Å². The summed E-state index contributed by atoms with van der Waals surface area (Å²) in [6, 6.07) is 5.70. The van der Waals surface area contributed by atoms with Gasteiger partial charge < -0.3 is 9.64 Å². The van der Waals surface area contributed by atoms with Gasteiger partial charge in [-0.3, -0.25) is 9.69 Å². The second-order valence-electron chi connectivity index (χ2n) is 7.08. The zero-order chi connectivity index (χ0) is 18.2. The third kappa shape index (κ3) is 3.82. The molecule has 0 bridgehead atoms. The molecule has 1 amide bonds. The summed E-state index contributed by atoms with van der Waals surface area (Å²) in [5.74, 6) is 1.12. The lowest BCUT2D eigenvalue weighted by atomic mass is 10.0. The van der Waals surface area contributed by atoms with E-state index in [1.54, 1.807) is 12.0 Å². The molecule has 2 saturated heterocycles. The standard InChI is InChI=1S/C18H26N2O4S/c1-13-4-5-14(10-17(13)24-3)6-7-18(21)20-9-8-19(2)15-11-25(22,23)12-16(15)20/h4-5,10,15-16H,6-9,11-12H2,1-3H3/t15-,16+/m0/s1. The van der Waals surface area contributed by atoms with Crippen molar-refractivity contribution in [3.05, 3.63) is 29.3 Å². The van der Waals surface area contributed by atoms with Gasteiger partial charge in [-0.05, 0) is 37.6 Å². The van der Waals surface area contributed by atoms with E-state index in [9.17, 15) is 13.2 Å². The van der Waals surface area contributed by atoms with Gasteiger partial charge in [-0.2, -0.15) is 0 Å². The molecule has 0 aromatic heterocycles. The van der Waals surface area contributed by atoms with Gasteiger partial charge in [0.25, 0.3) is 0 Å². The molecule has 7 heteroatoms. The number of benzene rings is 1.